The largest absolute Gasteiger partial charge is 0.497 e. The minimum atomic E-state index is -0.0908. The van der Waals surface area contributed by atoms with Gasteiger partial charge in [-0.3, -0.25) is 0 Å². The van der Waals surface area contributed by atoms with Gasteiger partial charge in [-0.25, -0.2) is 9.97 Å². The lowest BCUT2D eigenvalue weighted by molar-refractivity contribution is 0.234. The van der Waals surface area contributed by atoms with Crippen LogP contribution < -0.4 is 14.8 Å². The lowest BCUT2D eigenvalue weighted by Gasteiger charge is -2.16. The van der Waals surface area contributed by atoms with Crippen LogP contribution in [0.4, 0.5) is 5.82 Å². The molecule has 0 fully saturated rings. The van der Waals surface area contributed by atoms with Crippen LogP contribution in [0.3, 0.4) is 0 Å². The number of aromatic nitrogens is 2. The van der Waals surface area contributed by atoms with Crippen LogP contribution in [0, 0.1) is 11.3 Å². The molecule has 6 nitrogen and oxygen atoms in total. The summed E-state index contributed by atoms with van der Waals surface area (Å²) in [6, 6.07) is 9.36. The van der Waals surface area contributed by atoms with E-state index in [1.807, 2.05) is 37.3 Å². The second kappa shape index (κ2) is 7.10. The third-order valence-corrected chi connectivity index (χ3v) is 2.76. The lowest BCUT2D eigenvalue weighted by Crippen LogP contribution is -2.23. The van der Waals surface area contributed by atoms with E-state index in [4.69, 9.17) is 14.7 Å². The zero-order valence-corrected chi connectivity index (χ0v) is 11.9. The molecule has 1 aromatic carbocycles. The first-order valence-electron chi connectivity index (χ1n) is 6.48. The Morgan fingerprint density at radius 2 is 1.86 bits per heavy atom. The molecule has 21 heavy (non-hydrogen) atoms. The first-order valence-corrected chi connectivity index (χ1v) is 6.48. The number of anilines is 1. The minimum absolute atomic E-state index is 0.0908. The van der Waals surface area contributed by atoms with Crippen LogP contribution in [0.2, 0.25) is 0 Å². The zero-order valence-electron chi connectivity index (χ0n) is 11.9. The fraction of sp³-hybridized carbons (Fsp3) is 0.267. The third kappa shape index (κ3) is 4.08. The number of hydrogen-bond donors (Lipinski definition) is 1. The van der Waals surface area contributed by atoms with Gasteiger partial charge in [0.15, 0.2) is 11.5 Å². The maximum atomic E-state index is 8.93. The number of ether oxygens (including phenoxy) is 2. The van der Waals surface area contributed by atoms with Gasteiger partial charge in [0, 0.05) is 12.4 Å². The van der Waals surface area contributed by atoms with Gasteiger partial charge < -0.3 is 14.8 Å². The normalized spacial score (nSPS) is 11.3. The molecule has 0 aliphatic carbocycles. The maximum Gasteiger partial charge on any atom is 0.182 e. The van der Waals surface area contributed by atoms with Crippen LogP contribution in [0.25, 0.3) is 0 Å². The third-order valence-electron chi connectivity index (χ3n) is 2.76. The first-order chi connectivity index (χ1) is 10.2. The van der Waals surface area contributed by atoms with Crippen molar-refractivity contribution in [2.45, 2.75) is 13.0 Å². The van der Waals surface area contributed by atoms with E-state index in [0.29, 0.717) is 12.4 Å². The highest BCUT2D eigenvalue weighted by Gasteiger charge is 2.08. The fourth-order valence-corrected chi connectivity index (χ4v) is 1.72. The van der Waals surface area contributed by atoms with Crippen LogP contribution in [0.15, 0.2) is 36.7 Å². The van der Waals surface area contributed by atoms with Gasteiger partial charge in [0.05, 0.1) is 13.7 Å². The summed E-state index contributed by atoms with van der Waals surface area (Å²) in [5.41, 5.74) is 0.272. The Morgan fingerprint density at radius 3 is 2.52 bits per heavy atom. The number of benzene rings is 1. The molecule has 0 aliphatic rings. The van der Waals surface area contributed by atoms with Gasteiger partial charge in [0.1, 0.15) is 23.7 Å². The van der Waals surface area contributed by atoms with E-state index in [0.717, 1.165) is 11.5 Å². The van der Waals surface area contributed by atoms with E-state index in [1.54, 1.807) is 7.11 Å². The summed E-state index contributed by atoms with van der Waals surface area (Å²) in [6.45, 7) is 2.44. The molecule has 0 saturated heterocycles. The van der Waals surface area contributed by atoms with Gasteiger partial charge in [-0.05, 0) is 31.2 Å². The summed E-state index contributed by atoms with van der Waals surface area (Å²) in [6.07, 6.45) is 2.94. The molecular formula is C15H16N4O2. The van der Waals surface area contributed by atoms with Gasteiger partial charge in [-0.1, -0.05) is 0 Å². The molecule has 0 radical (unpaired) electrons. The Hall–Kier alpha value is -2.81. The second-order valence-corrected chi connectivity index (χ2v) is 4.35. The summed E-state index contributed by atoms with van der Waals surface area (Å²) in [5, 5.41) is 12.0. The van der Waals surface area contributed by atoms with Gasteiger partial charge >= 0.3 is 0 Å². The number of hydrogen-bond acceptors (Lipinski definition) is 6. The zero-order chi connectivity index (χ0) is 15.1. The van der Waals surface area contributed by atoms with Crippen LogP contribution in [-0.2, 0) is 0 Å². The van der Waals surface area contributed by atoms with Crippen molar-refractivity contribution in [3.8, 4) is 17.6 Å². The lowest BCUT2D eigenvalue weighted by atomic mass is 10.3. The van der Waals surface area contributed by atoms with Crippen molar-refractivity contribution in [2.24, 2.45) is 0 Å². The standard InChI is InChI=1S/C15H16N4O2/c1-11(21-13-5-3-12(20-2)4-6-13)10-19-15-14(9-16)17-7-8-18-15/h3-8,11H,10H2,1-2H3,(H,18,19). The Balaban J connectivity index is 1.89. The topological polar surface area (TPSA) is 80.1 Å². The van der Waals surface area contributed by atoms with Crippen molar-refractivity contribution in [1.82, 2.24) is 9.97 Å². The summed E-state index contributed by atoms with van der Waals surface area (Å²) >= 11 is 0. The Bertz CT molecular complexity index is 622. The number of rotatable bonds is 6. The van der Waals surface area contributed by atoms with Crippen molar-refractivity contribution in [3.63, 3.8) is 0 Å². The van der Waals surface area contributed by atoms with E-state index in [-0.39, 0.29) is 11.8 Å². The van der Waals surface area contributed by atoms with Crippen molar-refractivity contribution in [3.05, 3.63) is 42.4 Å². The monoisotopic (exact) mass is 284 g/mol. The molecule has 1 N–H and O–H groups in total. The molecule has 1 atom stereocenters. The van der Waals surface area contributed by atoms with Crippen LogP contribution in [0.5, 0.6) is 11.5 Å². The van der Waals surface area contributed by atoms with E-state index < -0.39 is 0 Å². The minimum Gasteiger partial charge on any atom is -0.497 e. The molecule has 0 bridgehead atoms. The van der Waals surface area contributed by atoms with Crippen LogP contribution in [-0.4, -0.2) is 29.7 Å². The Kier molecular flexibility index (Phi) is 4.94. The Labute approximate surface area is 123 Å². The van der Waals surface area contributed by atoms with Crippen LogP contribution >= 0.6 is 0 Å². The molecule has 0 amide bonds. The summed E-state index contributed by atoms with van der Waals surface area (Å²) in [5.74, 6) is 2.00. The first kappa shape index (κ1) is 14.6. The SMILES string of the molecule is COc1ccc(OC(C)CNc2nccnc2C#N)cc1. The van der Waals surface area contributed by atoms with Crippen molar-refractivity contribution >= 4 is 5.82 Å². The molecule has 0 saturated carbocycles. The Morgan fingerprint density at radius 1 is 1.19 bits per heavy atom. The molecule has 1 heterocycles. The summed E-state index contributed by atoms with van der Waals surface area (Å²) in [7, 11) is 1.62. The summed E-state index contributed by atoms with van der Waals surface area (Å²) < 4.78 is 10.9. The van der Waals surface area contributed by atoms with Crippen LogP contribution in [0.1, 0.15) is 12.6 Å². The highest BCUT2D eigenvalue weighted by Crippen LogP contribution is 2.18. The fourth-order valence-electron chi connectivity index (χ4n) is 1.72. The average molecular weight is 284 g/mol. The molecule has 0 spiro atoms. The number of methoxy groups -OCH3 is 1. The van der Waals surface area contributed by atoms with Crippen molar-refractivity contribution in [2.75, 3.05) is 19.0 Å². The number of nitrogens with one attached hydrogen (secondary N) is 1. The van der Waals surface area contributed by atoms with E-state index in [1.165, 1.54) is 12.4 Å². The van der Waals surface area contributed by atoms with Crippen molar-refractivity contribution < 1.29 is 9.47 Å². The van der Waals surface area contributed by atoms with Gasteiger partial charge in [-0.15, -0.1) is 0 Å². The molecule has 2 aromatic rings. The van der Waals surface area contributed by atoms with Gasteiger partial charge in [0.2, 0.25) is 0 Å². The average Bonchev–Trinajstić information content (AvgIpc) is 2.54. The number of nitriles is 1. The predicted molar refractivity (Wildman–Crippen MR) is 78.3 cm³/mol. The van der Waals surface area contributed by atoms with Gasteiger partial charge in [-0.2, -0.15) is 5.26 Å². The molecule has 6 heteroatoms. The van der Waals surface area contributed by atoms with E-state index in [9.17, 15) is 0 Å². The highest BCUT2D eigenvalue weighted by molar-refractivity contribution is 5.46. The quantitative estimate of drug-likeness (QED) is 0.876. The maximum absolute atomic E-state index is 8.93. The van der Waals surface area contributed by atoms with Gasteiger partial charge in [0.25, 0.3) is 0 Å². The molecule has 2 rings (SSSR count). The molecule has 0 aliphatic heterocycles. The second-order valence-electron chi connectivity index (χ2n) is 4.35. The molecule has 1 aromatic heterocycles. The molecular weight excluding hydrogens is 268 g/mol. The smallest absolute Gasteiger partial charge is 0.182 e. The predicted octanol–water partition coefficient (Wildman–Crippen LogP) is 2.24. The number of nitrogens with zero attached hydrogens (tertiary/aromatic N) is 3. The highest BCUT2D eigenvalue weighted by atomic mass is 16.5. The molecule has 1 unspecified atom stereocenters. The van der Waals surface area contributed by atoms with E-state index in [2.05, 4.69) is 15.3 Å². The molecule has 108 valence electrons. The van der Waals surface area contributed by atoms with Crippen molar-refractivity contribution in [1.29, 1.82) is 5.26 Å². The summed E-state index contributed by atoms with van der Waals surface area (Å²) in [4.78, 5) is 8.02. The van der Waals surface area contributed by atoms with E-state index >= 15 is 0 Å².